The number of methoxy groups -OCH3 is 1. The smallest absolute Gasteiger partial charge is 0.414 e. The van der Waals surface area contributed by atoms with E-state index in [0.717, 1.165) is 4.90 Å². The third-order valence-electron chi connectivity index (χ3n) is 4.23. The number of carbonyl (C=O) groups is 1. The van der Waals surface area contributed by atoms with Gasteiger partial charge in [-0.05, 0) is 6.92 Å². The van der Waals surface area contributed by atoms with E-state index in [1.807, 2.05) is 24.3 Å². The molecule has 2 atom stereocenters. The molecule has 0 fully saturated rings. The molecule has 2 bridgehead atoms. The van der Waals surface area contributed by atoms with Gasteiger partial charge in [-0.2, -0.15) is 21.0 Å². The Morgan fingerprint density at radius 1 is 1.18 bits per heavy atom. The summed E-state index contributed by atoms with van der Waals surface area (Å²) in [6, 6.07) is 6.30. The Kier molecular flexibility index (Phi) is 3.38. The van der Waals surface area contributed by atoms with Crippen molar-refractivity contribution >= 4 is 6.09 Å². The van der Waals surface area contributed by atoms with Gasteiger partial charge in [0.2, 0.25) is 5.41 Å². The molecule has 1 amide bonds. The summed E-state index contributed by atoms with van der Waals surface area (Å²) in [5.74, 6) is -0.771. The van der Waals surface area contributed by atoms with Gasteiger partial charge in [0.15, 0.2) is 5.41 Å². The number of amides is 1. The molecular weight excluding hydrogens is 282 g/mol. The van der Waals surface area contributed by atoms with Crippen molar-refractivity contribution in [1.29, 1.82) is 21.0 Å². The summed E-state index contributed by atoms with van der Waals surface area (Å²) in [6.45, 7) is 1.66. The zero-order valence-electron chi connectivity index (χ0n) is 11.9. The largest absolute Gasteiger partial charge is 0.452 e. The van der Waals surface area contributed by atoms with Gasteiger partial charge < -0.3 is 4.74 Å². The highest BCUT2D eigenvalue weighted by Gasteiger charge is 2.67. The van der Waals surface area contributed by atoms with Gasteiger partial charge in [0.1, 0.15) is 0 Å². The molecule has 0 spiro atoms. The number of allylic oxidation sites excluding steroid dienone is 2. The number of hydrogen-bond acceptors (Lipinski definition) is 6. The SMILES string of the molecule is COC(=O)N1C=C[C@H]2C=C(C)[C@H]1C(C#N)(C#N)C2(C#N)C#N. The van der Waals surface area contributed by atoms with Gasteiger partial charge in [-0.1, -0.05) is 17.7 Å². The second-order valence-electron chi connectivity index (χ2n) is 5.12. The molecule has 0 aromatic rings. The van der Waals surface area contributed by atoms with Crippen LogP contribution in [0, 0.1) is 62.1 Å². The van der Waals surface area contributed by atoms with Crippen LogP contribution in [0.4, 0.5) is 4.79 Å². The minimum atomic E-state index is -2.02. The molecule has 7 heteroatoms. The second-order valence-corrected chi connectivity index (χ2v) is 5.12. The van der Waals surface area contributed by atoms with E-state index in [2.05, 4.69) is 4.74 Å². The maximum atomic E-state index is 12.0. The van der Waals surface area contributed by atoms with Crippen LogP contribution in [0.2, 0.25) is 0 Å². The van der Waals surface area contributed by atoms with E-state index in [0.29, 0.717) is 5.57 Å². The number of hydrogen-bond donors (Lipinski definition) is 0. The molecule has 3 rings (SSSR count). The molecule has 7 nitrogen and oxygen atoms in total. The lowest BCUT2D eigenvalue weighted by Gasteiger charge is -2.44. The van der Waals surface area contributed by atoms with Gasteiger partial charge >= 0.3 is 6.09 Å². The van der Waals surface area contributed by atoms with Crippen LogP contribution in [-0.2, 0) is 4.74 Å². The van der Waals surface area contributed by atoms with Crippen molar-refractivity contribution in [2.24, 2.45) is 16.7 Å². The lowest BCUT2D eigenvalue weighted by atomic mass is 9.53. The molecule has 0 aromatic carbocycles. The van der Waals surface area contributed by atoms with Gasteiger partial charge in [-0.15, -0.1) is 0 Å². The zero-order chi connectivity index (χ0) is 16.5. The summed E-state index contributed by atoms with van der Waals surface area (Å²) in [7, 11) is 1.18. The van der Waals surface area contributed by atoms with Crippen molar-refractivity contribution < 1.29 is 9.53 Å². The summed E-state index contributed by atoms with van der Waals surface area (Å²) in [6.07, 6.45) is 3.72. The van der Waals surface area contributed by atoms with E-state index in [4.69, 9.17) is 0 Å². The van der Waals surface area contributed by atoms with Crippen molar-refractivity contribution in [2.45, 2.75) is 13.0 Å². The maximum Gasteiger partial charge on any atom is 0.414 e. The van der Waals surface area contributed by atoms with E-state index >= 15 is 0 Å². The van der Waals surface area contributed by atoms with E-state index in [1.165, 1.54) is 19.4 Å². The lowest BCUT2D eigenvalue weighted by Crippen LogP contribution is -2.58. The second kappa shape index (κ2) is 4.92. The van der Waals surface area contributed by atoms with Crippen LogP contribution in [0.3, 0.4) is 0 Å². The fourth-order valence-corrected chi connectivity index (χ4v) is 3.16. The molecule has 22 heavy (non-hydrogen) atoms. The van der Waals surface area contributed by atoms with E-state index < -0.39 is 28.9 Å². The minimum absolute atomic E-state index is 0.560. The summed E-state index contributed by atoms with van der Waals surface area (Å²) in [5, 5.41) is 38.5. The van der Waals surface area contributed by atoms with Crippen molar-refractivity contribution in [2.75, 3.05) is 7.11 Å². The number of ether oxygens (including phenoxy) is 1. The van der Waals surface area contributed by atoms with Crippen LogP contribution in [0.1, 0.15) is 6.92 Å². The Balaban J connectivity index is 2.86. The van der Waals surface area contributed by atoms with Gasteiger partial charge in [0.05, 0.1) is 37.4 Å². The molecule has 108 valence electrons. The Bertz CT molecular complexity index is 725. The highest BCUT2D eigenvalue weighted by Crippen LogP contribution is 2.55. The minimum Gasteiger partial charge on any atom is -0.452 e. The van der Waals surface area contributed by atoms with Crippen LogP contribution < -0.4 is 0 Å². The van der Waals surface area contributed by atoms with Gasteiger partial charge in [-0.3, -0.25) is 4.90 Å². The molecule has 0 saturated heterocycles. The van der Waals surface area contributed by atoms with E-state index in [1.54, 1.807) is 13.0 Å². The normalized spacial score (nSPS) is 26.5. The first-order valence-electron chi connectivity index (χ1n) is 6.36. The van der Waals surface area contributed by atoms with Crippen molar-refractivity contribution in [3.05, 3.63) is 23.9 Å². The molecule has 1 aliphatic carbocycles. The number of fused-ring (bicyclic) bond motifs is 2. The summed E-state index contributed by atoms with van der Waals surface area (Å²) in [5.41, 5.74) is -3.36. The molecule has 2 heterocycles. The first-order chi connectivity index (χ1) is 10.5. The Labute approximate surface area is 127 Å². The standard InChI is InChI=1S/C15H11N5O2/c1-10-5-11-3-4-20(13(21)22-2)12(10)15(8-18,9-19)14(11,6-16)7-17/h3-5,11-12H,1-2H3/t11-,12-/m0/s1. The molecule has 0 N–H and O–H groups in total. The molecule has 3 aliphatic rings. The van der Waals surface area contributed by atoms with Crippen molar-refractivity contribution in [1.82, 2.24) is 4.90 Å². The van der Waals surface area contributed by atoms with E-state index in [9.17, 15) is 25.8 Å². The quantitative estimate of drug-likeness (QED) is 0.624. The number of nitrogens with zero attached hydrogens (tertiary/aromatic N) is 5. The lowest BCUT2D eigenvalue weighted by molar-refractivity contribution is 0.0958. The Hall–Kier alpha value is -3.29. The topological polar surface area (TPSA) is 125 Å². The molecule has 0 radical (unpaired) electrons. The highest BCUT2D eigenvalue weighted by molar-refractivity contribution is 5.71. The zero-order valence-corrected chi connectivity index (χ0v) is 11.9. The summed E-state index contributed by atoms with van der Waals surface area (Å²) < 4.78 is 4.69. The summed E-state index contributed by atoms with van der Waals surface area (Å²) in [4.78, 5) is 13.1. The monoisotopic (exact) mass is 293 g/mol. The average Bonchev–Trinajstić information content (AvgIpc) is 2.79. The predicted octanol–water partition coefficient (Wildman–Crippen LogP) is 1.59. The molecule has 0 saturated carbocycles. The van der Waals surface area contributed by atoms with Crippen LogP contribution in [0.15, 0.2) is 23.9 Å². The van der Waals surface area contributed by atoms with Crippen molar-refractivity contribution in [3.8, 4) is 24.3 Å². The van der Waals surface area contributed by atoms with Crippen LogP contribution in [-0.4, -0.2) is 24.1 Å². The number of carbonyl (C=O) groups excluding carboxylic acids is 1. The predicted molar refractivity (Wildman–Crippen MR) is 71.7 cm³/mol. The van der Waals surface area contributed by atoms with Crippen molar-refractivity contribution in [3.63, 3.8) is 0 Å². The number of rotatable bonds is 0. The van der Waals surface area contributed by atoms with Gasteiger partial charge in [-0.25, -0.2) is 4.79 Å². The van der Waals surface area contributed by atoms with Crippen LogP contribution >= 0.6 is 0 Å². The highest BCUT2D eigenvalue weighted by atomic mass is 16.5. The third-order valence-corrected chi connectivity index (χ3v) is 4.23. The van der Waals surface area contributed by atoms with Crippen LogP contribution in [0.25, 0.3) is 0 Å². The fourth-order valence-electron chi connectivity index (χ4n) is 3.16. The first-order valence-corrected chi connectivity index (χ1v) is 6.36. The maximum absolute atomic E-state index is 12.0. The Morgan fingerprint density at radius 3 is 2.18 bits per heavy atom. The third kappa shape index (κ3) is 1.48. The summed E-state index contributed by atoms with van der Waals surface area (Å²) >= 11 is 0. The molecule has 0 unspecified atom stereocenters. The number of nitriles is 4. The first kappa shape index (κ1) is 15.1. The average molecular weight is 293 g/mol. The van der Waals surface area contributed by atoms with Gasteiger partial charge in [0, 0.05) is 12.1 Å². The Morgan fingerprint density at radius 2 is 1.73 bits per heavy atom. The fraction of sp³-hybridized carbons (Fsp3) is 0.400. The molecular formula is C15H11N5O2. The molecule has 2 aliphatic heterocycles. The van der Waals surface area contributed by atoms with E-state index in [-0.39, 0.29) is 0 Å². The van der Waals surface area contributed by atoms with Gasteiger partial charge in [0.25, 0.3) is 0 Å². The molecule has 0 aromatic heterocycles. The van der Waals surface area contributed by atoms with Crippen LogP contribution in [0.5, 0.6) is 0 Å².